The number of ether oxygens (including phenoxy) is 1. The first-order valence-electron chi connectivity index (χ1n) is 4.73. The van der Waals surface area contributed by atoms with Gasteiger partial charge in [0.15, 0.2) is 11.5 Å². The van der Waals surface area contributed by atoms with Gasteiger partial charge in [-0.2, -0.15) is 0 Å². The number of benzene rings is 1. The van der Waals surface area contributed by atoms with Crippen LogP contribution in [0.15, 0.2) is 39.3 Å². The van der Waals surface area contributed by atoms with Crippen LogP contribution in [0.5, 0.6) is 5.75 Å². The lowest BCUT2D eigenvalue weighted by molar-refractivity contribution is 0.0685. The fraction of sp³-hybridized carbons (Fsp3) is 0.0909. The van der Waals surface area contributed by atoms with Crippen molar-refractivity contribution in [2.24, 2.45) is 0 Å². The molecule has 0 aliphatic heterocycles. The number of carboxylic acid groups (broad SMARTS) is 1. The van der Waals surface area contributed by atoms with Crippen molar-refractivity contribution in [3.63, 3.8) is 0 Å². The van der Waals surface area contributed by atoms with Crippen LogP contribution in [-0.4, -0.2) is 16.2 Å². The van der Waals surface area contributed by atoms with Crippen molar-refractivity contribution in [3.05, 3.63) is 46.3 Å². The minimum Gasteiger partial charge on any atom is -0.484 e. The summed E-state index contributed by atoms with van der Waals surface area (Å²) in [4.78, 5) is 10.6. The highest BCUT2D eigenvalue weighted by molar-refractivity contribution is 9.10. The third-order valence-electron chi connectivity index (χ3n) is 1.98. The third kappa shape index (κ3) is 2.85. The van der Waals surface area contributed by atoms with Gasteiger partial charge in [0.05, 0.1) is 4.47 Å². The first kappa shape index (κ1) is 11.7. The van der Waals surface area contributed by atoms with E-state index in [0.717, 1.165) is 4.47 Å². The molecule has 1 heterocycles. The van der Waals surface area contributed by atoms with E-state index in [-0.39, 0.29) is 12.3 Å². The van der Waals surface area contributed by atoms with Gasteiger partial charge < -0.3 is 14.4 Å². The summed E-state index contributed by atoms with van der Waals surface area (Å²) in [6.07, 6.45) is 0. The summed E-state index contributed by atoms with van der Waals surface area (Å²) in [6.45, 7) is 0.128. The molecule has 1 aromatic carbocycles. The molecule has 17 heavy (non-hydrogen) atoms. The van der Waals surface area contributed by atoms with Crippen LogP contribution in [0.1, 0.15) is 16.2 Å². The quantitative estimate of drug-likeness (QED) is 0.939. The Morgan fingerprint density at radius 1 is 1.47 bits per heavy atom. The lowest BCUT2D eigenvalue weighted by Crippen LogP contribution is -1.96. The molecule has 5 nitrogen and oxygen atoms in total. The molecule has 2 rings (SSSR count). The van der Waals surface area contributed by atoms with E-state index in [0.29, 0.717) is 11.5 Å². The van der Waals surface area contributed by atoms with Crippen molar-refractivity contribution < 1.29 is 19.2 Å². The molecule has 2 aromatic rings. The van der Waals surface area contributed by atoms with Crippen LogP contribution in [0.25, 0.3) is 0 Å². The Bertz CT molecular complexity index is 538. The van der Waals surface area contributed by atoms with Gasteiger partial charge in [-0.05, 0) is 28.1 Å². The molecule has 0 bridgehead atoms. The first-order valence-corrected chi connectivity index (χ1v) is 5.52. The molecule has 88 valence electrons. The van der Waals surface area contributed by atoms with E-state index in [1.165, 1.54) is 6.07 Å². The second-order valence-corrected chi connectivity index (χ2v) is 4.06. The van der Waals surface area contributed by atoms with Crippen molar-refractivity contribution in [3.8, 4) is 5.75 Å². The molecule has 0 radical (unpaired) electrons. The number of hydrogen-bond acceptors (Lipinski definition) is 4. The van der Waals surface area contributed by atoms with Gasteiger partial charge in [-0.3, -0.25) is 0 Å². The third-order valence-corrected chi connectivity index (χ3v) is 2.64. The summed E-state index contributed by atoms with van der Waals surface area (Å²) in [6, 6.07) is 8.67. The Kier molecular flexibility index (Phi) is 3.43. The zero-order valence-corrected chi connectivity index (χ0v) is 10.2. The van der Waals surface area contributed by atoms with Crippen molar-refractivity contribution in [2.45, 2.75) is 6.61 Å². The fourth-order valence-corrected chi connectivity index (χ4v) is 1.59. The SMILES string of the molecule is O=C(O)c1cc(COc2ccccc2Br)on1. The lowest BCUT2D eigenvalue weighted by Gasteiger charge is -2.04. The van der Waals surface area contributed by atoms with Gasteiger partial charge in [0.25, 0.3) is 0 Å². The predicted octanol–water partition coefficient (Wildman–Crippen LogP) is 2.71. The van der Waals surface area contributed by atoms with E-state index in [9.17, 15) is 4.79 Å². The molecule has 0 amide bonds. The molecule has 0 unspecified atom stereocenters. The summed E-state index contributed by atoms with van der Waals surface area (Å²) in [5, 5.41) is 12.0. The van der Waals surface area contributed by atoms with Crippen molar-refractivity contribution in [1.82, 2.24) is 5.16 Å². The highest BCUT2D eigenvalue weighted by Gasteiger charge is 2.11. The highest BCUT2D eigenvalue weighted by atomic mass is 79.9. The molecule has 0 aliphatic rings. The molecule has 0 atom stereocenters. The van der Waals surface area contributed by atoms with Crippen LogP contribution < -0.4 is 4.74 Å². The minimum absolute atomic E-state index is 0.128. The average Bonchev–Trinajstić information content (AvgIpc) is 2.77. The maximum Gasteiger partial charge on any atom is 0.358 e. The Morgan fingerprint density at radius 3 is 2.88 bits per heavy atom. The zero-order chi connectivity index (χ0) is 12.3. The molecule has 0 saturated carbocycles. The number of aromatic carboxylic acids is 1. The Balaban J connectivity index is 2.02. The largest absolute Gasteiger partial charge is 0.484 e. The fourth-order valence-electron chi connectivity index (χ4n) is 1.19. The van der Waals surface area contributed by atoms with Gasteiger partial charge in [0.1, 0.15) is 12.4 Å². The number of para-hydroxylation sites is 1. The van der Waals surface area contributed by atoms with E-state index in [4.69, 9.17) is 14.4 Å². The Labute approximate surface area is 105 Å². The van der Waals surface area contributed by atoms with E-state index in [2.05, 4.69) is 21.1 Å². The van der Waals surface area contributed by atoms with Gasteiger partial charge in [-0.1, -0.05) is 17.3 Å². The molecular weight excluding hydrogens is 290 g/mol. The molecule has 0 saturated heterocycles. The van der Waals surface area contributed by atoms with Gasteiger partial charge in [0, 0.05) is 6.07 Å². The number of nitrogens with zero attached hydrogens (tertiary/aromatic N) is 1. The van der Waals surface area contributed by atoms with Crippen molar-refractivity contribution in [2.75, 3.05) is 0 Å². The summed E-state index contributed by atoms with van der Waals surface area (Å²) in [5.74, 6) is -0.111. The van der Waals surface area contributed by atoms with Crippen LogP contribution in [0.3, 0.4) is 0 Å². The number of halogens is 1. The number of carboxylic acids is 1. The van der Waals surface area contributed by atoms with Gasteiger partial charge >= 0.3 is 5.97 Å². The minimum atomic E-state index is -1.12. The lowest BCUT2D eigenvalue weighted by atomic mass is 10.3. The number of carbonyl (C=O) groups is 1. The summed E-state index contributed by atoms with van der Waals surface area (Å²) in [7, 11) is 0. The van der Waals surface area contributed by atoms with Gasteiger partial charge in [0.2, 0.25) is 0 Å². The standard InChI is InChI=1S/C11H8BrNO4/c12-8-3-1-2-4-10(8)16-6-7-5-9(11(14)15)13-17-7/h1-5H,6H2,(H,14,15). The molecule has 1 aromatic heterocycles. The maximum absolute atomic E-state index is 10.6. The molecule has 1 N–H and O–H groups in total. The van der Waals surface area contributed by atoms with Crippen LogP contribution in [0.4, 0.5) is 0 Å². The molecule has 0 spiro atoms. The van der Waals surface area contributed by atoms with Gasteiger partial charge in [-0.25, -0.2) is 4.79 Å². The van der Waals surface area contributed by atoms with E-state index in [1.54, 1.807) is 6.07 Å². The van der Waals surface area contributed by atoms with Crippen LogP contribution in [0, 0.1) is 0 Å². The van der Waals surface area contributed by atoms with Gasteiger partial charge in [-0.15, -0.1) is 0 Å². The van der Waals surface area contributed by atoms with E-state index >= 15 is 0 Å². The van der Waals surface area contributed by atoms with Crippen LogP contribution >= 0.6 is 15.9 Å². The number of hydrogen-bond donors (Lipinski definition) is 1. The maximum atomic E-state index is 10.6. The second-order valence-electron chi connectivity index (χ2n) is 3.20. The summed E-state index contributed by atoms with van der Waals surface area (Å²) >= 11 is 3.33. The number of rotatable bonds is 4. The van der Waals surface area contributed by atoms with Crippen molar-refractivity contribution >= 4 is 21.9 Å². The normalized spacial score (nSPS) is 10.2. The molecule has 6 heteroatoms. The highest BCUT2D eigenvalue weighted by Crippen LogP contribution is 2.24. The van der Waals surface area contributed by atoms with Crippen LogP contribution in [-0.2, 0) is 6.61 Å². The topological polar surface area (TPSA) is 72.6 Å². The summed E-state index contributed by atoms with van der Waals surface area (Å²) in [5.41, 5.74) is -0.129. The first-order chi connectivity index (χ1) is 8.16. The van der Waals surface area contributed by atoms with Crippen molar-refractivity contribution in [1.29, 1.82) is 0 Å². The van der Waals surface area contributed by atoms with E-state index in [1.807, 2.05) is 18.2 Å². The zero-order valence-electron chi connectivity index (χ0n) is 8.59. The second kappa shape index (κ2) is 5.01. The molecular formula is C11H8BrNO4. The van der Waals surface area contributed by atoms with E-state index < -0.39 is 5.97 Å². The smallest absolute Gasteiger partial charge is 0.358 e. The summed E-state index contributed by atoms with van der Waals surface area (Å²) < 4.78 is 11.1. The Hall–Kier alpha value is -1.82. The molecule has 0 aliphatic carbocycles. The number of aromatic nitrogens is 1. The average molecular weight is 298 g/mol. The molecule has 0 fully saturated rings. The Morgan fingerprint density at radius 2 is 2.24 bits per heavy atom. The predicted molar refractivity (Wildman–Crippen MR) is 61.9 cm³/mol. The monoisotopic (exact) mass is 297 g/mol. The van der Waals surface area contributed by atoms with Crippen LogP contribution in [0.2, 0.25) is 0 Å².